The van der Waals surface area contributed by atoms with E-state index in [0.29, 0.717) is 17.8 Å². The molecule has 1 aliphatic rings. The predicted octanol–water partition coefficient (Wildman–Crippen LogP) is 3.61. The van der Waals surface area contributed by atoms with Crippen LogP contribution in [-0.4, -0.2) is 45.7 Å². The van der Waals surface area contributed by atoms with E-state index in [1.807, 2.05) is 41.3 Å². The van der Waals surface area contributed by atoms with Gasteiger partial charge in [0.2, 0.25) is 10.0 Å². The summed E-state index contributed by atoms with van der Waals surface area (Å²) in [6.45, 7) is 1.09. The Hall–Kier alpha value is -1.90. The van der Waals surface area contributed by atoms with Crippen molar-refractivity contribution in [3.63, 3.8) is 0 Å². The van der Waals surface area contributed by atoms with Gasteiger partial charge in [0.15, 0.2) is 0 Å². The summed E-state index contributed by atoms with van der Waals surface area (Å²) < 4.78 is 30.2. The molecule has 1 aliphatic heterocycles. The SMILES string of the molecule is COc1ccc(C2CCCCCN2C(=O)c2ccc(CCNS(C)(=O)=O)s2)cc1. The summed E-state index contributed by atoms with van der Waals surface area (Å²) in [6, 6.07) is 11.8. The maximum atomic E-state index is 13.3. The monoisotopic (exact) mass is 436 g/mol. The Morgan fingerprint density at radius 2 is 1.93 bits per heavy atom. The number of benzene rings is 1. The molecule has 29 heavy (non-hydrogen) atoms. The van der Waals surface area contributed by atoms with Crippen LogP contribution >= 0.6 is 11.3 Å². The predicted molar refractivity (Wildman–Crippen MR) is 116 cm³/mol. The minimum absolute atomic E-state index is 0.0556. The Morgan fingerprint density at radius 3 is 2.62 bits per heavy atom. The lowest BCUT2D eigenvalue weighted by molar-refractivity contribution is 0.0686. The number of thiophene rings is 1. The summed E-state index contributed by atoms with van der Waals surface area (Å²) in [5, 5.41) is 0. The van der Waals surface area contributed by atoms with Gasteiger partial charge in [0.1, 0.15) is 5.75 Å². The molecule has 0 bridgehead atoms. The summed E-state index contributed by atoms with van der Waals surface area (Å²) >= 11 is 1.45. The van der Waals surface area contributed by atoms with E-state index in [0.717, 1.165) is 54.7 Å². The maximum Gasteiger partial charge on any atom is 0.264 e. The zero-order chi connectivity index (χ0) is 20.9. The zero-order valence-corrected chi connectivity index (χ0v) is 18.5. The molecule has 1 aromatic carbocycles. The Kier molecular flexibility index (Phi) is 7.32. The van der Waals surface area contributed by atoms with Crippen molar-refractivity contribution in [1.82, 2.24) is 9.62 Å². The molecule has 1 saturated heterocycles. The number of methoxy groups -OCH3 is 1. The Balaban J connectivity index is 1.74. The molecule has 6 nitrogen and oxygen atoms in total. The second-order valence-electron chi connectivity index (χ2n) is 7.32. The van der Waals surface area contributed by atoms with E-state index in [2.05, 4.69) is 4.72 Å². The van der Waals surface area contributed by atoms with Crippen LogP contribution in [0.1, 0.15) is 51.8 Å². The molecule has 8 heteroatoms. The van der Waals surface area contributed by atoms with Gasteiger partial charge in [0.05, 0.1) is 24.3 Å². The highest BCUT2D eigenvalue weighted by molar-refractivity contribution is 7.88. The van der Waals surface area contributed by atoms with Crippen LogP contribution in [0, 0.1) is 0 Å². The van der Waals surface area contributed by atoms with Gasteiger partial charge < -0.3 is 9.64 Å². The van der Waals surface area contributed by atoms with Gasteiger partial charge in [0.25, 0.3) is 5.91 Å². The molecule has 0 spiro atoms. The molecule has 2 heterocycles. The molecule has 1 unspecified atom stereocenters. The van der Waals surface area contributed by atoms with Gasteiger partial charge in [0, 0.05) is 18.0 Å². The third-order valence-electron chi connectivity index (χ3n) is 5.12. The lowest BCUT2D eigenvalue weighted by Gasteiger charge is -2.30. The Bertz CT molecular complexity index is 922. The van der Waals surface area contributed by atoms with Crippen LogP contribution in [0.5, 0.6) is 5.75 Å². The van der Waals surface area contributed by atoms with Crippen LogP contribution in [0.3, 0.4) is 0 Å². The van der Waals surface area contributed by atoms with Crippen molar-refractivity contribution in [2.45, 2.75) is 38.1 Å². The number of carbonyl (C=O) groups excluding carboxylic acids is 1. The van der Waals surface area contributed by atoms with Crippen molar-refractivity contribution in [3.8, 4) is 5.75 Å². The minimum Gasteiger partial charge on any atom is -0.497 e. The second kappa shape index (κ2) is 9.73. The number of ether oxygens (including phenoxy) is 1. The quantitative estimate of drug-likeness (QED) is 0.719. The van der Waals surface area contributed by atoms with Crippen molar-refractivity contribution < 1.29 is 17.9 Å². The van der Waals surface area contributed by atoms with Crippen molar-refractivity contribution in [2.24, 2.45) is 0 Å². The first-order valence-electron chi connectivity index (χ1n) is 9.85. The number of rotatable bonds is 7. The molecular weight excluding hydrogens is 408 g/mol. The van der Waals surface area contributed by atoms with E-state index in [4.69, 9.17) is 4.74 Å². The molecule has 158 valence electrons. The van der Waals surface area contributed by atoms with E-state index in [9.17, 15) is 13.2 Å². The number of sulfonamides is 1. The molecule has 1 fully saturated rings. The van der Waals surface area contributed by atoms with Crippen molar-refractivity contribution >= 4 is 27.3 Å². The lowest BCUT2D eigenvalue weighted by atomic mass is 10.0. The van der Waals surface area contributed by atoms with Crippen molar-refractivity contribution in [3.05, 3.63) is 51.7 Å². The van der Waals surface area contributed by atoms with Crippen LogP contribution in [0.2, 0.25) is 0 Å². The molecule has 3 rings (SSSR count). The fourth-order valence-corrected chi connectivity index (χ4v) is 5.09. The number of hydrogen-bond donors (Lipinski definition) is 1. The molecule has 1 aromatic heterocycles. The molecule has 2 aromatic rings. The lowest BCUT2D eigenvalue weighted by Crippen LogP contribution is -2.34. The highest BCUT2D eigenvalue weighted by Gasteiger charge is 2.28. The number of hydrogen-bond acceptors (Lipinski definition) is 5. The van der Waals surface area contributed by atoms with E-state index in [-0.39, 0.29) is 11.9 Å². The van der Waals surface area contributed by atoms with Crippen molar-refractivity contribution in [1.29, 1.82) is 0 Å². The molecule has 0 aliphatic carbocycles. The number of carbonyl (C=O) groups is 1. The summed E-state index contributed by atoms with van der Waals surface area (Å²) in [7, 11) is -1.55. The fraction of sp³-hybridized carbons (Fsp3) is 0.476. The normalized spacial score (nSPS) is 17.7. The smallest absolute Gasteiger partial charge is 0.264 e. The highest BCUT2D eigenvalue weighted by Crippen LogP contribution is 2.33. The van der Waals surface area contributed by atoms with E-state index < -0.39 is 10.0 Å². The average Bonchev–Trinajstić information content (AvgIpc) is 3.02. The van der Waals surface area contributed by atoms with E-state index >= 15 is 0 Å². The first kappa shape index (κ1) is 21.8. The standard InChI is InChI=1S/C21H28N2O4S2/c1-27-17-9-7-16(8-10-17)19-6-4-3-5-15-23(19)21(24)20-12-11-18(28-20)13-14-22-29(2,25)26/h7-12,19,22H,3-6,13-15H2,1-2H3. The van der Waals surface area contributed by atoms with Gasteiger partial charge in [-0.25, -0.2) is 13.1 Å². The van der Waals surface area contributed by atoms with Crippen molar-refractivity contribution in [2.75, 3.05) is 26.5 Å². The summed E-state index contributed by atoms with van der Waals surface area (Å²) in [5.41, 5.74) is 1.13. The fourth-order valence-electron chi connectivity index (χ4n) is 3.65. The Labute approximate surface area is 176 Å². The first-order valence-corrected chi connectivity index (χ1v) is 12.6. The molecule has 1 amide bonds. The Morgan fingerprint density at radius 1 is 1.17 bits per heavy atom. The highest BCUT2D eigenvalue weighted by atomic mass is 32.2. The molecule has 0 radical (unpaired) electrons. The molecular formula is C21H28N2O4S2. The summed E-state index contributed by atoms with van der Waals surface area (Å²) in [5.74, 6) is 0.867. The summed E-state index contributed by atoms with van der Waals surface area (Å²) in [6.07, 6.45) is 5.92. The van der Waals surface area contributed by atoms with Gasteiger partial charge in [-0.1, -0.05) is 25.0 Å². The number of amides is 1. The minimum atomic E-state index is -3.20. The third kappa shape index (κ3) is 6.04. The molecule has 0 saturated carbocycles. The van der Waals surface area contributed by atoms with Crippen LogP contribution in [0.25, 0.3) is 0 Å². The topological polar surface area (TPSA) is 75.7 Å². The van der Waals surface area contributed by atoms with Gasteiger partial charge in [-0.3, -0.25) is 4.79 Å². The van der Waals surface area contributed by atoms with Gasteiger partial charge in [-0.05, 0) is 49.1 Å². The summed E-state index contributed by atoms with van der Waals surface area (Å²) in [4.78, 5) is 17.0. The van der Waals surface area contributed by atoms with Gasteiger partial charge in [-0.2, -0.15) is 0 Å². The van der Waals surface area contributed by atoms with Gasteiger partial charge in [-0.15, -0.1) is 11.3 Å². The average molecular weight is 437 g/mol. The maximum absolute atomic E-state index is 13.3. The first-order chi connectivity index (χ1) is 13.9. The van der Waals surface area contributed by atoms with Crippen LogP contribution in [-0.2, 0) is 16.4 Å². The van der Waals surface area contributed by atoms with Gasteiger partial charge >= 0.3 is 0 Å². The third-order valence-corrected chi connectivity index (χ3v) is 6.98. The molecule has 1 atom stereocenters. The van der Waals surface area contributed by atoms with E-state index in [1.54, 1.807) is 7.11 Å². The van der Waals surface area contributed by atoms with Crippen LogP contribution in [0.15, 0.2) is 36.4 Å². The molecule has 1 N–H and O–H groups in total. The van der Waals surface area contributed by atoms with Crippen LogP contribution < -0.4 is 9.46 Å². The number of nitrogens with one attached hydrogen (secondary N) is 1. The largest absolute Gasteiger partial charge is 0.497 e. The van der Waals surface area contributed by atoms with Crippen LogP contribution in [0.4, 0.5) is 0 Å². The number of nitrogens with zero attached hydrogens (tertiary/aromatic N) is 1. The van der Waals surface area contributed by atoms with E-state index in [1.165, 1.54) is 11.3 Å². The second-order valence-corrected chi connectivity index (χ2v) is 10.3. The number of likely N-dealkylation sites (tertiary alicyclic amines) is 1. The zero-order valence-electron chi connectivity index (χ0n) is 16.9.